The van der Waals surface area contributed by atoms with Gasteiger partial charge in [-0.15, -0.1) is 0 Å². The summed E-state index contributed by atoms with van der Waals surface area (Å²) in [6.45, 7) is 3.25. The van der Waals surface area contributed by atoms with Crippen LogP contribution in [0.5, 0.6) is 5.75 Å². The van der Waals surface area contributed by atoms with Crippen molar-refractivity contribution in [3.8, 4) is 5.75 Å². The summed E-state index contributed by atoms with van der Waals surface area (Å²) in [7, 11) is 1.50. The SMILES string of the molecule is CCOC(=O)N1CCN2c3cc(F)cc(C(F)F)c3O[C@H](COC)C[C@@H]2C1. The van der Waals surface area contributed by atoms with Crippen molar-refractivity contribution in [3.05, 3.63) is 23.5 Å². The van der Waals surface area contributed by atoms with Crippen LogP contribution in [0.2, 0.25) is 0 Å². The smallest absolute Gasteiger partial charge is 0.409 e. The summed E-state index contributed by atoms with van der Waals surface area (Å²) >= 11 is 0. The van der Waals surface area contributed by atoms with Crippen LogP contribution in [0.3, 0.4) is 0 Å². The number of methoxy groups -OCH3 is 1. The number of anilines is 1. The van der Waals surface area contributed by atoms with E-state index in [1.165, 1.54) is 13.2 Å². The topological polar surface area (TPSA) is 51.2 Å². The van der Waals surface area contributed by atoms with Crippen LogP contribution in [0, 0.1) is 5.82 Å². The first kappa shape index (κ1) is 19.6. The third kappa shape index (κ3) is 4.07. The van der Waals surface area contributed by atoms with Gasteiger partial charge in [0.2, 0.25) is 0 Å². The van der Waals surface area contributed by atoms with Gasteiger partial charge in [0.25, 0.3) is 6.43 Å². The summed E-state index contributed by atoms with van der Waals surface area (Å²) in [4.78, 5) is 15.5. The van der Waals surface area contributed by atoms with Gasteiger partial charge in [-0.25, -0.2) is 18.0 Å². The Balaban J connectivity index is 1.97. The zero-order valence-corrected chi connectivity index (χ0v) is 15.3. The number of halogens is 3. The Morgan fingerprint density at radius 1 is 1.37 bits per heavy atom. The van der Waals surface area contributed by atoms with Gasteiger partial charge in [0.05, 0.1) is 30.5 Å². The van der Waals surface area contributed by atoms with Gasteiger partial charge < -0.3 is 24.0 Å². The summed E-state index contributed by atoms with van der Waals surface area (Å²) in [5, 5.41) is 0. The van der Waals surface area contributed by atoms with Crippen LogP contribution < -0.4 is 9.64 Å². The Kier molecular flexibility index (Phi) is 5.98. The van der Waals surface area contributed by atoms with E-state index in [0.717, 1.165) is 6.07 Å². The van der Waals surface area contributed by atoms with Gasteiger partial charge in [-0.05, 0) is 13.0 Å². The van der Waals surface area contributed by atoms with Crippen molar-refractivity contribution in [1.82, 2.24) is 4.90 Å². The van der Waals surface area contributed by atoms with Crippen LogP contribution in [0.15, 0.2) is 12.1 Å². The summed E-state index contributed by atoms with van der Waals surface area (Å²) < 4.78 is 57.1. The molecule has 0 aliphatic carbocycles. The van der Waals surface area contributed by atoms with E-state index in [1.807, 2.05) is 4.90 Å². The number of fused-ring (bicyclic) bond motifs is 3. The van der Waals surface area contributed by atoms with Crippen LogP contribution in [0.4, 0.5) is 23.7 Å². The molecule has 1 aromatic rings. The fraction of sp³-hybridized carbons (Fsp3) is 0.611. The molecular weight excluding hydrogens is 365 g/mol. The number of ether oxygens (including phenoxy) is 3. The minimum absolute atomic E-state index is 0.0134. The molecule has 0 N–H and O–H groups in total. The predicted molar refractivity (Wildman–Crippen MR) is 92.0 cm³/mol. The number of carbonyl (C=O) groups excluding carboxylic acids is 1. The monoisotopic (exact) mass is 388 g/mol. The lowest BCUT2D eigenvalue weighted by atomic mass is 10.0. The summed E-state index contributed by atoms with van der Waals surface area (Å²) in [6, 6.07) is 1.79. The number of amides is 1. The number of hydrogen-bond acceptors (Lipinski definition) is 5. The second kappa shape index (κ2) is 8.24. The molecule has 1 saturated heterocycles. The van der Waals surface area contributed by atoms with E-state index in [2.05, 4.69) is 0 Å². The maximum Gasteiger partial charge on any atom is 0.409 e. The molecule has 0 spiro atoms. The normalized spacial score (nSPS) is 22.0. The van der Waals surface area contributed by atoms with E-state index in [9.17, 15) is 18.0 Å². The van der Waals surface area contributed by atoms with E-state index in [0.29, 0.717) is 26.1 Å². The number of hydrogen-bond donors (Lipinski definition) is 0. The highest BCUT2D eigenvalue weighted by Crippen LogP contribution is 2.43. The minimum Gasteiger partial charge on any atom is -0.485 e. The van der Waals surface area contributed by atoms with Crippen LogP contribution in [-0.4, -0.2) is 63.1 Å². The Bertz CT molecular complexity index is 689. The minimum atomic E-state index is -2.87. The molecular formula is C18H23F3N2O4. The molecule has 0 saturated carbocycles. The molecule has 0 aromatic heterocycles. The van der Waals surface area contributed by atoms with Crippen molar-refractivity contribution in [2.45, 2.75) is 31.9 Å². The Morgan fingerprint density at radius 2 is 2.15 bits per heavy atom. The molecule has 9 heteroatoms. The molecule has 2 atom stereocenters. The molecule has 1 aromatic carbocycles. The van der Waals surface area contributed by atoms with Gasteiger partial charge >= 0.3 is 6.09 Å². The van der Waals surface area contributed by atoms with Crippen LogP contribution in [0.1, 0.15) is 25.3 Å². The number of benzene rings is 1. The zero-order chi connectivity index (χ0) is 19.6. The van der Waals surface area contributed by atoms with Crippen LogP contribution in [-0.2, 0) is 9.47 Å². The molecule has 2 aliphatic rings. The average Bonchev–Trinajstić information content (AvgIpc) is 2.77. The molecule has 0 radical (unpaired) electrons. The number of alkyl halides is 2. The number of piperazine rings is 1. The van der Waals surface area contributed by atoms with Crippen molar-refractivity contribution in [3.63, 3.8) is 0 Å². The van der Waals surface area contributed by atoms with Crippen molar-refractivity contribution in [1.29, 1.82) is 0 Å². The van der Waals surface area contributed by atoms with Gasteiger partial charge in [0, 0.05) is 39.2 Å². The average molecular weight is 388 g/mol. The molecule has 1 amide bonds. The number of nitrogens with zero attached hydrogens (tertiary/aromatic N) is 2. The van der Waals surface area contributed by atoms with E-state index in [4.69, 9.17) is 14.2 Å². The van der Waals surface area contributed by atoms with Gasteiger partial charge in [-0.3, -0.25) is 0 Å². The highest BCUT2D eigenvalue weighted by molar-refractivity contribution is 5.69. The number of rotatable bonds is 4. The van der Waals surface area contributed by atoms with E-state index >= 15 is 0 Å². The van der Waals surface area contributed by atoms with E-state index in [-0.39, 0.29) is 30.7 Å². The second-order valence-corrected chi connectivity index (χ2v) is 6.57. The van der Waals surface area contributed by atoms with E-state index in [1.54, 1.807) is 11.8 Å². The van der Waals surface area contributed by atoms with Gasteiger partial charge in [-0.1, -0.05) is 0 Å². The standard InChI is InChI=1S/C18H23F3N2O4/c1-3-26-18(24)22-4-5-23-12(9-22)8-13(10-25-2)27-16-14(17(20)21)6-11(19)7-15(16)23/h6-7,12-13,17H,3-5,8-10H2,1-2H3/t12-,13+/m1/s1. The lowest BCUT2D eigenvalue weighted by molar-refractivity contribution is 0.0627. The van der Waals surface area contributed by atoms with Crippen molar-refractivity contribution < 1.29 is 32.2 Å². The molecule has 0 unspecified atom stereocenters. The first-order chi connectivity index (χ1) is 12.9. The number of carbonyl (C=O) groups is 1. The van der Waals surface area contributed by atoms with Crippen LogP contribution in [0.25, 0.3) is 0 Å². The Morgan fingerprint density at radius 3 is 2.81 bits per heavy atom. The van der Waals surface area contributed by atoms with Crippen molar-refractivity contribution in [2.24, 2.45) is 0 Å². The second-order valence-electron chi connectivity index (χ2n) is 6.57. The third-order valence-electron chi connectivity index (χ3n) is 4.79. The fourth-order valence-corrected chi connectivity index (χ4v) is 3.66. The molecule has 6 nitrogen and oxygen atoms in total. The van der Waals surface area contributed by atoms with Crippen molar-refractivity contribution >= 4 is 11.8 Å². The molecule has 2 aliphatic heterocycles. The van der Waals surface area contributed by atoms with Gasteiger partial charge in [-0.2, -0.15) is 0 Å². The molecule has 150 valence electrons. The fourth-order valence-electron chi connectivity index (χ4n) is 3.66. The predicted octanol–water partition coefficient (Wildman–Crippen LogP) is 3.21. The maximum atomic E-state index is 14.0. The van der Waals surface area contributed by atoms with Crippen molar-refractivity contribution in [2.75, 3.05) is 44.9 Å². The summed E-state index contributed by atoms with van der Waals surface area (Å²) in [5.41, 5.74) is -0.183. The molecule has 3 rings (SSSR count). The summed E-state index contributed by atoms with van der Waals surface area (Å²) in [5.74, 6) is -0.759. The Hall–Kier alpha value is -2.16. The molecule has 2 heterocycles. The highest BCUT2D eigenvalue weighted by atomic mass is 19.3. The molecule has 27 heavy (non-hydrogen) atoms. The van der Waals surface area contributed by atoms with E-state index < -0.39 is 30.0 Å². The summed E-state index contributed by atoms with van der Waals surface area (Å²) in [6.07, 6.45) is -3.33. The van der Waals surface area contributed by atoms with Gasteiger partial charge in [0.1, 0.15) is 11.9 Å². The maximum absolute atomic E-state index is 14.0. The van der Waals surface area contributed by atoms with Gasteiger partial charge in [0.15, 0.2) is 5.75 Å². The van der Waals surface area contributed by atoms with Crippen LogP contribution >= 0.6 is 0 Å². The lowest BCUT2D eigenvalue weighted by Crippen LogP contribution is -2.55. The molecule has 1 fully saturated rings. The first-order valence-corrected chi connectivity index (χ1v) is 8.90. The third-order valence-corrected chi connectivity index (χ3v) is 4.79. The zero-order valence-electron chi connectivity index (χ0n) is 15.3. The first-order valence-electron chi connectivity index (χ1n) is 8.90. The largest absolute Gasteiger partial charge is 0.485 e. The molecule has 0 bridgehead atoms. The quantitative estimate of drug-likeness (QED) is 0.793. The highest BCUT2D eigenvalue weighted by Gasteiger charge is 2.38. The Labute approximate surface area is 155 Å². The lowest BCUT2D eigenvalue weighted by Gasteiger charge is -2.41.